The molecule has 0 saturated carbocycles. The molecule has 0 amide bonds. The predicted molar refractivity (Wildman–Crippen MR) is 74.6 cm³/mol. The molecule has 0 aliphatic heterocycles. The number of rotatable bonds is 3. The molecule has 0 aliphatic carbocycles. The number of hydrogen-bond acceptors (Lipinski definition) is 6. The molecular formula is C12H12N6S. The molecule has 0 saturated heterocycles. The number of aryl methyl sites for hydroxylation is 1. The first-order chi connectivity index (χ1) is 9.22. The van der Waals surface area contributed by atoms with E-state index in [1.807, 2.05) is 25.1 Å². The second-order valence-corrected chi connectivity index (χ2v) is 5.01. The van der Waals surface area contributed by atoms with Crippen molar-refractivity contribution in [2.24, 2.45) is 0 Å². The predicted octanol–water partition coefficient (Wildman–Crippen LogP) is 1.93. The first kappa shape index (κ1) is 11.9. The lowest BCUT2D eigenvalue weighted by atomic mass is 10.3. The number of imidazole rings is 1. The number of hydrogen-bond donors (Lipinski definition) is 2. The Morgan fingerprint density at radius 3 is 3.00 bits per heavy atom. The Morgan fingerprint density at radius 2 is 2.16 bits per heavy atom. The van der Waals surface area contributed by atoms with E-state index in [1.165, 1.54) is 0 Å². The fraction of sp³-hybridized carbons (Fsp3) is 0.167. The quantitative estimate of drug-likeness (QED) is 0.559. The van der Waals surface area contributed by atoms with Gasteiger partial charge in [-0.05, 0) is 19.1 Å². The Labute approximate surface area is 113 Å². The fourth-order valence-electron chi connectivity index (χ4n) is 1.75. The van der Waals surface area contributed by atoms with Crippen LogP contribution in [-0.2, 0) is 5.75 Å². The van der Waals surface area contributed by atoms with Crippen LogP contribution in [0.25, 0.3) is 11.2 Å². The third-order valence-corrected chi connectivity index (χ3v) is 3.58. The number of aromatic nitrogens is 5. The van der Waals surface area contributed by atoms with Gasteiger partial charge in [0.05, 0.1) is 12.0 Å². The lowest BCUT2D eigenvalue weighted by Crippen LogP contribution is -1.97. The van der Waals surface area contributed by atoms with Gasteiger partial charge in [0.15, 0.2) is 5.65 Å². The standard InChI is InChI=1S/C12H12N6S/c1-7-3-2-4-8(16-7)5-19-11-9-10(15-6-14-9)17-12(13)18-11/h2-4,6H,5H2,1H3,(H3,13,14,15,17,18). The number of H-pyrrole nitrogens is 1. The van der Waals surface area contributed by atoms with E-state index in [4.69, 9.17) is 5.73 Å². The molecule has 19 heavy (non-hydrogen) atoms. The van der Waals surface area contributed by atoms with E-state index in [0.29, 0.717) is 5.65 Å². The summed E-state index contributed by atoms with van der Waals surface area (Å²) in [5.41, 5.74) is 9.09. The largest absolute Gasteiger partial charge is 0.368 e. The first-order valence-electron chi connectivity index (χ1n) is 5.74. The summed E-state index contributed by atoms with van der Waals surface area (Å²) in [6.07, 6.45) is 1.59. The Morgan fingerprint density at radius 1 is 1.26 bits per heavy atom. The molecule has 3 heterocycles. The van der Waals surface area contributed by atoms with Gasteiger partial charge < -0.3 is 10.7 Å². The van der Waals surface area contributed by atoms with Crippen molar-refractivity contribution in [1.82, 2.24) is 24.9 Å². The summed E-state index contributed by atoms with van der Waals surface area (Å²) in [7, 11) is 0. The summed E-state index contributed by atoms with van der Waals surface area (Å²) in [5, 5.41) is 0.795. The third kappa shape index (κ3) is 2.50. The van der Waals surface area contributed by atoms with Crippen molar-refractivity contribution in [1.29, 1.82) is 0 Å². The second kappa shape index (κ2) is 4.85. The van der Waals surface area contributed by atoms with Crippen LogP contribution in [0.2, 0.25) is 0 Å². The SMILES string of the molecule is Cc1cccc(CSc2nc(N)nc3nc[nH]c23)n1. The Hall–Kier alpha value is -2.15. The smallest absolute Gasteiger partial charge is 0.223 e. The van der Waals surface area contributed by atoms with Gasteiger partial charge in [0.25, 0.3) is 0 Å². The van der Waals surface area contributed by atoms with Crippen molar-refractivity contribution in [3.63, 3.8) is 0 Å². The van der Waals surface area contributed by atoms with Gasteiger partial charge in [0.2, 0.25) is 5.95 Å². The van der Waals surface area contributed by atoms with E-state index in [1.54, 1.807) is 18.1 Å². The zero-order valence-corrected chi connectivity index (χ0v) is 11.1. The van der Waals surface area contributed by atoms with E-state index >= 15 is 0 Å². The normalized spacial score (nSPS) is 11.0. The minimum absolute atomic E-state index is 0.235. The average Bonchev–Trinajstić information content (AvgIpc) is 2.84. The van der Waals surface area contributed by atoms with Crippen molar-refractivity contribution < 1.29 is 0 Å². The molecule has 0 unspecified atom stereocenters. The minimum atomic E-state index is 0.235. The van der Waals surface area contributed by atoms with Crippen molar-refractivity contribution in [3.05, 3.63) is 35.9 Å². The van der Waals surface area contributed by atoms with Crippen molar-refractivity contribution in [2.45, 2.75) is 17.7 Å². The zero-order chi connectivity index (χ0) is 13.2. The van der Waals surface area contributed by atoms with Gasteiger partial charge >= 0.3 is 0 Å². The molecule has 0 fully saturated rings. The maximum atomic E-state index is 5.67. The van der Waals surface area contributed by atoms with Crippen molar-refractivity contribution in [3.8, 4) is 0 Å². The van der Waals surface area contributed by atoms with Crippen LogP contribution >= 0.6 is 11.8 Å². The third-order valence-electron chi connectivity index (χ3n) is 2.57. The summed E-state index contributed by atoms with van der Waals surface area (Å²) in [4.78, 5) is 19.9. The van der Waals surface area contributed by atoms with Crippen molar-refractivity contribution in [2.75, 3.05) is 5.73 Å². The van der Waals surface area contributed by atoms with E-state index in [0.717, 1.165) is 27.7 Å². The molecule has 6 nitrogen and oxygen atoms in total. The molecule has 3 rings (SSSR count). The van der Waals surface area contributed by atoms with Crippen LogP contribution in [0.5, 0.6) is 0 Å². The highest BCUT2D eigenvalue weighted by atomic mass is 32.2. The maximum Gasteiger partial charge on any atom is 0.223 e. The number of nitrogens with zero attached hydrogens (tertiary/aromatic N) is 4. The first-order valence-corrected chi connectivity index (χ1v) is 6.73. The number of aromatic amines is 1. The number of fused-ring (bicyclic) bond motifs is 1. The molecule has 0 bridgehead atoms. The topological polar surface area (TPSA) is 93.4 Å². The van der Waals surface area contributed by atoms with Gasteiger partial charge in [0.1, 0.15) is 10.5 Å². The average molecular weight is 272 g/mol. The molecule has 0 spiro atoms. The van der Waals surface area contributed by atoms with Crippen molar-refractivity contribution >= 4 is 28.9 Å². The second-order valence-electron chi connectivity index (χ2n) is 4.05. The Bertz CT molecular complexity index is 723. The summed E-state index contributed by atoms with van der Waals surface area (Å²) in [5.74, 6) is 0.964. The van der Waals surface area contributed by atoms with E-state index in [2.05, 4.69) is 24.9 Å². The molecule has 3 aromatic rings. The van der Waals surface area contributed by atoms with Gasteiger partial charge in [-0.3, -0.25) is 4.98 Å². The van der Waals surface area contributed by atoms with Crippen LogP contribution in [-0.4, -0.2) is 24.9 Å². The van der Waals surface area contributed by atoms with Gasteiger partial charge in [0, 0.05) is 11.4 Å². The van der Waals surface area contributed by atoms with Gasteiger partial charge in [-0.1, -0.05) is 17.8 Å². The highest BCUT2D eigenvalue weighted by molar-refractivity contribution is 7.98. The molecule has 96 valence electrons. The minimum Gasteiger partial charge on any atom is -0.368 e. The molecule has 7 heteroatoms. The monoisotopic (exact) mass is 272 g/mol. The molecule has 3 aromatic heterocycles. The lowest BCUT2D eigenvalue weighted by Gasteiger charge is -2.03. The van der Waals surface area contributed by atoms with Gasteiger partial charge in [-0.2, -0.15) is 4.98 Å². The van der Waals surface area contributed by atoms with Crippen LogP contribution in [0.3, 0.4) is 0 Å². The van der Waals surface area contributed by atoms with Gasteiger partial charge in [-0.15, -0.1) is 0 Å². The number of pyridine rings is 1. The number of thioether (sulfide) groups is 1. The van der Waals surface area contributed by atoms with Crippen LogP contribution < -0.4 is 5.73 Å². The molecule has 0 aromatic carbocycles. The number of nitrogens with one attached hydrogen (secondary N) is 1. The zero-order valence-electron chi connectivity index (χ0n) is 10.3. The van der Waals surface area contributed by atoms with E-state index in [9.17, 15) is 0 Å². The van der Waals surface area contributed by atoms with E-state index < -0.39 is 0 Å². The maximum absolute atomic E-state index is 5.67. The Kier molecular flexibility index (Phi) is 3.04. The van der Waals surface area contributed by atoms with Crippen LogP contribution in [0.15, 0.2) is 29.6 Å². The summed E-state index contributed by atoms with van der Waals surface area (Å²) < 4.78 is 0. The number of nitrogens with two attached hydrogens (primary N) is 1. The fourth-order valence-corrected chi connectivity index (χ4v) is 2.65. The summed E-state index contributed by atoms with van der Waals surface area (Å²) >= 11 is 1.57. The summed E-state index contributed by atoms with van der Waals surface area (Å²) in [6.45, 7) is 1.98. The Balaban J connectivity index is 1.87. The highest BCUT2D eigenvalue weighted by Gasteiger charge is 2.09. The molecule has 0 aliphatic rings. The molecule has 3 N–H and O–H groups in total. The lowest BCUT2D eigenvalue weighted by molar-refractivity contribution is 1.08. The van der Waals surface area contributed by atoms with Crippen LogP contribution in [0.4, 0.5) is 5.95 Å². The number of anilines is 1. The molecular weight excluding hydrogens is 260 g/mol. The number of nitrogen functional groups attached to an aromatic ring is 1. The van der Waals surface area contributed by atoms with Crippen LogP contribution in [0.1, 0.15) is 11.4 Å². The van der Waals surface area contributed by atoms with Gasteiger partial charge in [-0.25, -0.2) is 9.97 Å². The highest BCUT2D eigenvalue weighted by Crippen LogP contribution is 2.26. The van der Waals surface area contributed by atoms with E-state index in [-0.39, 0.29) is 5.95 Å². The van der Waals surface area contributed by atoms with Crippen LogP contribution in [0, 0.1) is 6.92 Å². The molecule has 0 radical (unpaired) electrons. The summed E-state index contributed by atoms with van der Waals surface area (Å²) in [6, 6.07) is 5.97. The molecule has 0 atom stereocenters.